The molecule has 4 heterocycles. The minimum Gasteiger partial charge on any atom is -0.341 e. The summed E-state index contributed by atoms with van der Waals surface area (Å²) in [5.41, 5.74) is 3.22. The van der Waals surface area contributed by atoms with E-state index in [4.69, 9.17) is 0 Å². The highest BCUT2D eigenvalue weighted by Crippen LogP contribution is 2.29. The van der Waals surface area contributed by atoms with Gasteiger partial charge in [0, 0.05) is 82.3 Å². The molecule has 3 amide bonds. The summed E-state index contributed by atoms with van der Waals surface area (Å²) in [7, 11) is 2.13. The number of benzene rings is 1. The van der Waals surface area contributed by atoms with E-state index in [0.717, 1.165) is 64.5 Å². The Kier molecular flexibility index (Phi) is 6.78. The molecule has 1 aromatic carbocycles. The number of hydrogen-bond donors (Lipinski definition) is 1. The van der Waals surface area contributed by atoms with Gasteiger partial charge in [-0.25, -0.2) is 4.79 Å². The molecule has 3 aliphatic rings. The molecular formula is C26H34N6O2. The number of amides is 3. The van der Waals surface area contributed by atoms with Crippen LogP contribution >= 0.6 is 0 Å². The first-order valence-electron chi connectivity index (χ1n) is 12.3. The molecule has 3 saturated heterocycles. The number of likely N-dealkylation sites (tertiary alicyclic amines) is 2. The average molecular weight is 463 g/mol. The van der Waals surface area contributed by atoms with Gasteiger partial charge >= 0.3 is 6.03 Å². The lowest BCUT2D eigenvalue weighted by Crippen LogP contribution is -2.50. The number of likely N-dealkylation sites (N-methyl/N-ethyl adjacent to an activating group) is 1. The second-order valence-electron chi connectivity index (χ2n) is 9.85. The van der Waals surface area contributed by atoms with Crippen LogP contribution in [0, 0.1) is 0 Å². The van der Waals surface area contributed by atoms with Gasteiger partial charge in [0.05, 0.1) is 6.54 Å². The monoisotopic (exact) mass is 462 g/mol. The van der Waals surface area contributed by atoms with Gasteiger partial charge in [0.2, 0.25) is 5.91 Å². The first-order chi connectivity index (χ1) is 16.5. The SMILES string of the molecule is CN1CCN(CC(=O)N2CCC(c3ccc(NC(=O)N4CC(c5cccnc5)C4)cc3)C2)CC1. The third-order valence-electron chi connectivity index (χ3n) is 7.45. The first-order valence-corrected chi connectivity index (χ1v) is 12.3. The molecule has 1 aromatic heterocycles. The molecule has 1 N–H and O–H groups in total. The summed E-state index contributed by atoms with van der Waals surface area (Å²) in [6.07, 6.45) is 4.64. The van der Waals surface area contributed by atoms with Crippen molar-refractivity contribution in [2.45, 2.75) is 18.3 Å². The molecule has 3 fully saturated rings. The van der Waals surface area contributed by atoms with Crippen molar-refractivity contribution in [2.75, 3.05) is 71.3 Å². The normalized spacial score (nSPS) is 22.0. The number of aromatic nitrogens is 1. The maximum atomic E-state index is 12.8. The average Bonchev–Trinajstić information content (AvgIpc) is 3.31. The zero-order chi connectivity index (χ0) is 23.5. The van der Waals surface area contributed by atoms with E-state index < -0.39 is 0 Å². The second kappa shape index (κ2) is 10.1. The molecule has 8 heteroatoms. The summed E-state index contributed by atoms with van der Waals surface area (Å²) in [6, 6.07) is 12.1. The fourth-order valence-corrected chi connectivity index (χ4v) is 5.07. The highest BCUT2D eigenvalue weighted by molar-refractivity contribution is 5.90. The van der Waals surface area contributed by atoms with E-state index in [0.29, 0.717) is 18.4 Å². The molecule has 1 unspecified atom stereocenters. The van der Waals surface area contributed by atoms with Crippen LogP contribution < -0.4 is 5.32 Å². The molecule has 8 nitrogen and oxygen atoms in total. The highest BCUT2D eigenvalue weighted by Gasteiger charge is 2.32. The van der Waals surface area contributed by atoms with Gasteiger partial charge in [0.1, 0.15) is 0 Å². The van der Waals surface area contributed by atoms with Crippen LogP contribution in [0.4, 0.5) is 10.5 Å². The third kappa shape index (κ3) is 5.23. The molecule has 34 heavy (non-hydrogen) atoms. The Morgan fingerprint density at radius 1 is 0.912 bits per heavy atom. The molecule has 0 aliphatic carbocycles. The lowest BCUT2D eigenvalue weighted by molar-refractivity contribution is -0.131. The van der Waals surface area contributed by atoms with Gasteiger partial charge in [0.25, 0.3) is 0 Å². The van der Waals surface area contributed by atoms with Crippen LogP contribution in [0.25, 0.3) is 0 Å². The Morgan fingerprint density at radius 2 is 1.65 bits per heavy atom. The van der Waals surface area contributed by atoms with Crippen molar-refractivity contribution < 1.29 is 9.59 Å². The minimum absolute atomic E-state index is 0.0607. The molecular weight excluding hydrogens is 428 g/mol. The lowest BCUT2D eigenvalue weighted by atomic mass is 9.93. The lowest BCUT2D eigenvalue weighted by Gasteiger charge is -2.39. The smallest absolute Gasteiger partial charge is 0.321 e. The number of nitrogens with one attached hydrogen (secondary N) is 1. The van der Waals surface area contributed by atoms with Gasteiger partial charge in [-0.3, -0.25) is 14.7 Å². The van der Waals surface area contributed by atoms with Gasteiger partial charge in [-0.2, -0.15) is 0 Å². The van der Waals surface area contributed by atoms with Crippen molar-refractivity contribution in [3.63, 3.8) is 0 Å². The summed E-state index contributed by atoms with van der Waals surface area (Å²) in [4.78, 5) is 37.9. The Morgan fingerprint density at radius 3 is 2.35 bits per heavy atom. The van der Waals surface area contributed by atoms with Crippen molar-refractivity contribution in [1.29, 1.82) is 0 Å². The number of carbonyl (C=O) groups excluding carboxylic acids is 2. The van der Waals surface area contributed by atoms with E-state index in [9.17, 15) is 9.59 Å². The molecule has 0 bridgehead atoms. The van der Waals surface area contributed by atoms with Crippen LogP contribution in [0.2, 0.25) is 0 Å². The molecule has 180 valence electrons. The molecule has 0 spiro atoms. The zero-order valence-electron chi connectivity index (χ0n) is 19.9. The number of pyridine rings is 1. The van der Waals surface area contributed by atoms with E-state index in [1.54, 1.807) is 6.20 Å². The van der Waals surface area contributed by atoms with Gasteiger partial charge in [0.15, 0.2) is 0 Å². The van der Waals surface area contributed by atoms with Crippen LogP contribution in [0.15, 0.2) is 48.8 Å². The Labute approximate surface area is 201 Å². The van der Waals surface area contributed by atoms with E-state index in [2.05, 4.69) is 45.3 Å². The number of piperazine rings is 1. The van der Waals surface area contributed by atoms with Gasteiger partial charge in [-0.05, 0) is 42.8 Å². The number of anilines is 1. The molecule has 1 atom stereocenters. The molecule has 5 rings (SSSR count). The van der Waals surface area contributed by atoms with E-state index in [1.165, 1.54) is 11.1 Å². The molecule has 3 aliphatic heterocycles. The largest absolute Gasteiger partial charge is 0.341 e. The molecule has 0 radical (unpaired) electrons. The van der Waals surface area contributed by atoms with Crippen LogP contribution in [-0.4, -0.2) is 102 Å². The van der Waals surface area contributed by atoms with E-state index in [-0.39, 0.29) is 11.9 Å². The van der Waals surface area contributed by atoms with Crippen molar-refractivity contribution in [3.05, 3.63) is 59.9 Å². The first kappa shape index (κ1) is 22.8. The van der Waals surface area contributed by atoms with Crippen LogP contribution in [-0.2, 0) is 4.79 Å². The third-order valence-corrected chi connectivity index (χ3v) is 7.45. The maximum absolute atomic E-state index is 12.8. The van der Waals surface area contributed by atoms with Crippen molar-refractivity contribution in [1.82, 2.24) is 24.6 Å². The fourth-order valence-electron chi connectivity index (χ4n) is 5.07. The highest BCUT2D eigenvalue weighted by atomic mass is 16.2. The standard InChI is InChI=1S/C26H34N6O2/c1-29-11-13-30(14-12-29)19-25(33)31-10-8-22(16-31)20-4-6-24(7-5-20)28-26(34)32-17-23(18-32)21-3-2-9-27-15-21/h2-7,9,15,22-23H,8,10-14,16-19H2,1H3,(H,28,34). The number of carbonyl (C=O) groups is 2. The van der Waals surface area contributed by atoms with E-state index in [1.807, 2.05) is 34.2 Å². The van der Waals surface area contributed by atoms with Crippen molar-refractivity contribution in [3.8, 4) is 0 Å². The van der Waals surface area contributed by atoms with Crippen LogP contribution in [0.3, 0.4) is 0 Å². The molecule has 0 saturated carbocycles. The van der Waals surface area contributed by atoms with E-state index >= 15 is 0 Å². The predicted molar refractivity (Wildman–Crippen MR) is 132 cm³/mol. The van der Waals surface area contributed by atoms with Crippen molar-refractivity contribution >= 4 is 17.6 Å². The Hall–Kier alpha value is -2.97. The quantitative estimate of drug-likeness (QED) is 0.738. The van der Waals surface area contributed by atoms with Crippen LogP contribution in [0.1, 0.15) is 29.4 Å². The fraction of sp³-hybridized carbons (Fsp3) is 0.500. The Balaban J connectivity index is 1.07. The summed E-state index contributed by atoms with van der Waals surface area (Å²) in [6.45, 7) is 7.56. The summed E-state index contributed by atoms with van der Waals surface area (Å²) >= 11 is 0. The zero-order valence-corrected chi connectivity index (χ0v) is 19.9. The predicted octanol–water partition coefficient (Wildman–Crippen LogP) is 2.28. The number of nitrogens with zero attached hydrogens (tertiary/aromatic N) is 5. The Bertz CT molecular complexity index is 984. The summed E-state index contributed by atoms with van der Waals surface area (Å²) in [5.74, 6) is 0.970. The minimum atomic E-state index is -0.0607. The summed E-state index contributed by atoms with van der Waals surface area (Å²) in [5, 5.41) is 3.01. The van der Waals surface area contributed by atoms with Gasteiger partial charge in [-0.1, -0.05) is 18.2 Å². The number of hydrogen-bond acceptors (Lipinski definition) is 5. The second-order valence-corrected chi connectivity index (χ2v) is 9.85. The van der Waals surface area contributed by atoms with Gasteiger partial charge in [-0.15, -0.1) is 0 Å². The number of rotatable bonds is 5. The summed E-state index contributed by atoms with van der Waals surface area (Å²) < 4.78 is 0. The number of urea groups is 1. The molecule has 2 aromatic rings. The van der Waals surface area contributed by atoms with Crippen molar-refractivity contribution in [2.24, 2.45) is 0 Å². The topological polar surface area (TPSA) is 72.0 Å². The van der Waals surface area contributed by atoms with Gasteiger partial charge < -0.3 is 20.0 Å². The van der Waals surface area contributed by atoms with Crippen LogP contribution in [0.5, 0.6) is 0 Å². The maximum Gasteiger partial charge on any atom is 0.321 e.